The van der Waals surface area contributed by atoms with Crippen molar-refractivity contribution in [3.63, 3.8) is 0 Å². The van der Waals surface area contributed by atoms with Crippen LogP contribution >= 0.6 is 15.9 Å². The number of halogens is 2. The van der Waals surface area contributed by atoms with Crippen LogP contribution in [0.15, 0.2) is 41.1 Å². The van der Waals surface area contributed by atoms with Gasteiger partial charge >= 0.3 is 0 Å². The highest BCUT2D eigenvalue weighted by atomic mass is 79.9. The Balaban J connectivity index is 2.13. The zero-order valence-corrected chi connectivity index (χ0v) is 12.8. The molecule has 3 nitrogen and oxygen atoms in total. The van der Waals surface area contributed by atoms with Crippen LogP contribution in [-0.4, -0.2) is 15.6 Å². The number of nitrogens with zero attached hydrogens (tertiary/aromatic N) is 2. The van der Waals surface area contributed by atoms with Gasteiger partial charge in [-0.25, -0.2) is 4.39 Å². The Bertz CT molecular complexity index is 662. The number of aromatic nitrogens is 2. The van der Waals surface area contributed by atoms with Gasteiger partial charge in [0.15, 0.2) is 5.78 Å². The van der Waals surface area contributed by atoms with Crippen LogP contribution in [0.2, 0.25) is 0 Å². The summed E-state index contributed by atoms with van der Waals surface area (Å²) >= 11 is 3.11. The summed E-state index contributed by atoms with van der Waals surface area (Å²) in [6.45, 7) is 3.99. The van der Waals surface area contributed by atoms with E-state index in [-0.39, 0.29) is 17.6 Å². The smallest absolute Gasteiger partial charge is 0.189 e. The highest BCUT2D eigenvalue weighted by molar-refractivity contribution is 9.10. The van der Waals surface area contributed by atoms with Crippen LogP contribution in [0.4, 0.5) is 4.39 Å². The van der Waals surface area contributed by atoms with Crippen molar-refractivity contribution in [2.75, 3.05) is 0 Å². The van der Waals surface area contributed by atoms with E-state index in [1.54, 1.807) is 35.3 Å². The third kappa shape index (κ3) is 3.42. The maximum Gasteiger partial charge on any atom is 0.189 e. The van der Waals surface area contributed by atoms with Gasteiger partial charge < -0.3 is 0 Å². The standard InChI is InChI=1S/C15H14BrFN2O/c1-10(2)19-9-12(8-18-19)15(20)6-4-11-3-5-14(17)13(16)7-11/h3-10H,1-2H3/b6-4+. The van der Waals surface area contributed by atoms with Crippen LogP contribution in [0.5, 0.6) is 0 Å². The summed E-state index contributed by atoms with van der Waals surface area (Å²) in [5.41, 5.74) is 1.29. The molecule has 1 aromatic heterocycles. The molecule has 0 amide bonds. The molecule has 5 heteroatoms. The summed E-state index contributed by atoms with van der Waals surface area (Å²) in [5, 5.41) is 4.12. The number of carbonyl (C=O) groups is 1. The van der Waals surface area contributed by atoms with Gasteiger partial charge in [-0.05, 0) is 53.5 Å². The van der Waals surface area contributed by atoms with Crippen molar-refractivity contribution in [2.24, 2.45) is 0 Å². The van der Waals surface area contributed by atoms with E-state index >= 15 is 0 Å². The fourth-order valence-corrected chi connectivity index (χ4v) is 2.03. The van der Waals surface area contributed by atoms with E-state index in [1.807, 2.05) is 13.8 Å². The monoisotopic (exact) mass is 336 g/mol. The van der Waals surface area contributed by atoms with Crippen molar-refractivity contribution in [1.29, 1.82) is 0 Å². The molecule has 0 radical (unpaired) electrons. The quantitative estimate of drug-likeness (QED) is 0.617. The average Bonchev–Trinajstić information content (AvgIpc) is 2.89. The number of hydrogen-bond donors (Lipinski definition) is 0. The molecule has 0 saturated heterocycles. The molecule has 0 spiro atoms. The summed E-state index contributed by atoms with van der Waals surface area (Å²) in [6, 6.07) is 4.80. The highest BCUT2D eigenvalue weighted by Gasteiger charge is 2.07. The minimum absolute atomic E-state index is 0.127. The van der Waals surface area contributed by atoms with E-state index in [9.17, 15) is 9.18 Å². The Labute approximate surface area is 125 Å². The molecule has 1 heterocycles. The van der Waals surface area contributed by atoms with E-state index < -0.39 is 0 Å². The third-order valence-corrected chi connectivity index (χ3v) is 3.39. The average molecular weight is 337 g/mol. The van der Waals surface area contributed by atoms with Crippen LogP contribution in [0.25, 0.3) is 6.08 Å². The molecule has 0 atom stereocenters. The highest BCUT2D eigenvalue weighted by Crippen LogP contribution is 2.18. The van der Waals surface area contributed by atoms with Crippen molar-refractivity contribution >= 4 is 27.8 Å². The lowest BCUT2D eigenvalue weighted by atomic mass is 10.1. The van der Waals surface area contributed by atoms with E-state index in [2.05, 4.69) is 21.0 Å². The van der Waals surface area contributed by atoms with Crippen LogP contribution < -0.4 is 0 Å². The van der Waals surface area contributed by atoms with E-state index in [1.165, 1.54) is 12.1 Å². The van der Waals surface area contributed by atoms with Crippen LogP contribution in [-0.2, 0) is 0 Å². The third-order valence-electron chi connectivity index (χ3n) is 2.79. The van der Waals surface area contributed by atoms with Gasteiger partial charge in [-0.15, -0.1) is 0 Å². The largest absolute Gasteiger partial charge is 0.289 e. The predicted octanol–water partition coefficient (Wildman–Crippen LogP) is 4.26. The van der Waals surface area contributed by atoms with Gasteiger partial charge in [0.05, 0.1) is 16.2 Å². The van der Waals surface area contributed by atoms with Gasteiger partial charge in [0, 0.05) is 12.2 Å². The normalized spacial score (nSPS) is 11.4. The fraction of sp³-hybridized carbons (Fsp3) is 0.200. The molecular formula is C15H14BrFN2O. The van der Waals surface area contributed by atoms with Gasteiger partial charge in [-0.1, -0.05) is 12.1 Å². The maximum absolute atomic E-state index is 13.1. The molecule has 0 aliphatic rings. The van der Waals surface area contributed by atoms with E-state index in [0.717, 1.165) is 5.56 Å². The molecule has 20 heavy (non-hydrogen) atoms. The van der Waals surface area contributed by atoms with Gasteiger partial charge in [0.25, 0.3) is 0 Å². The van der Waals surface area contributed by atoms with Crippen molar-refractivity contribution in [2.45, 2.75) is 19.9 Å². The number of allylic oxidation sites excluding steroid dienone is 1. The molecule has 0 fully saturated rings. The van der Waals surface area contributed by atoms with Gasteiger partial charge in [0.1, 0.15) is 5.82 Å². The molecule has 0 unspecified atom stereocenters. The number of ketones is 1. The molecule has 2 aromatic rings. The van der Waals surface area contributed by atoms with Crippen molar-refractivity contribution in [1.82, 2.24) is 9.78 Å². The Hall–Kier alpha value is -1.75. The van der Waals surface area contributed by atoms with Crippen molar-refractivity contribution in [3.8, 4) is 0 Å². The Morgan fingerprint density at radius 1 is 1.45 bits per heavy atom. The zero-order chi connectivity index (χ0) is 14.7. The van der Waals surface area contributed by atoms with Crippen LogP contribution in [0.3, 0.4) is 0 Å². The Morgan fingerprint density at radius 2 is 2.20 bits per heavy atom. The van der Waals surface area contributed by atoms with Gasteiger partial charge in [-0.2, -0.15) is 5.10 Å². The molecule has 0 bridgehead atoms. The topological polar surface area (TPSA) is 34.9 Å². The number of rotatable bonds is 4. The maximum atomic E-state index is 13.1. The summed E-state index contributed by atoms with van der Waals surface area (Å²) in [7, 11) is 0. The number of carbonyl (C=O) groups excluding carboxylic acids is 1. The summed E-state index contributed by atoms with van der Waals surface area (Å²) in [6.07, 6.45) is 6.38. The molecule has 104 valence electrons. The zero-order valence-electron chi connectivity index (χ0n) is 11.2. The first kappa shape index (κ1) is 14.7. The van der Waals surface area contributed by atoms with Crippen molar-refractivity contribution in [3.05, 3.63) is 58.1 Å². The van der Waals surface area contributed by atoms with Crippen molar-refractivity contribution < 1.29 is 9.18 Å². The summed E-state index contributed by atoms with van der Waals surface area (Å²) in [5.74, 6) is -0.455. The first-order valence-corrected chi connectivity index (χ1v) is 6.98. The number of hydrogen-bond acceptors (Lipinski definition) is 2. The van der Waals surface area contributed by atoms with E-state index in [4.69, 9.17) is 0 Å². The summed E-state index contributed by atoms with van der Waals surface area (Å²) in [4.78, 5) is 12.0. The molecule has 0 aliphatic carbocycles. The van der Waals surface area contributed by atoms with Gasteiger partial charge in [0.2, 0.25) is 0 Å². The molecule has 0 saturated carbocycles. The van der Waals surface area contributed by atoms with Crippen LogP contribution in [0, 0.1) is 5.82 Å². The molecule has 0 N–H and O–H groups in total. The van der Waals surface area contributed by atoms with Crippen LogP contribution in [0.1, 0.15) is 35.8 Å². The fourth-order valence-electron chi connectivity index (χ4n) is 1.63. The number of benzene rings is 1. The second-order valence-corrected chi connectivity index (χ2v) is 5.53. The minimum atomic E-state index is -0.327. The molecule has 0 aliphatic heterocycles. The lowest BCUT2D eigenvalue weighted by Gasteiger charge is -2.02. The molecule has 2 rings (SSSR count). The summed E-state index contributed by atoms with van der Waals surface area (Å²) < 4.78 is 15.2. The second kappa shape index (κ2) is 6.13. The first-order chi connectivity index (χ1) is 9.47. The lowest BCUT2D eigenvalue weighted by Crippen LogP contribution is -2.00. The first-order valence-electron chi connectivity index (χ1n) is 6.19. The van der Waals surface area contributed by atoms with E-state index in [0.29, 0.717) is 10.0 Å². The molecule has 1 aromatic carbocycles. The Kier molecular flexibility index (Phi) is 4.49. The predicted molar refractivity (Wildman–Crippen MR) is 80.1 cm³/mol. The van der Waals surface area contributed by atoms with Gasteiger partial charge in [-0.3, -0.25) is 9.48 Å². The Morgan fingerprint density at radius 3 is 2.80 bits per heavy atom. The lowest BCUT2D eigenvalue weighted by molar-refractivity contribution is 0.104. The minimum Gasteiger partial charge on any atom is -0.289 e. The second-order valence-electron chi connectivity index (χ2n) is 4.67. The molecular weight excluding hydrogens is 323 g/mol. The SMILES string of the molecule is CC(C)n1cc(C(=O)/C=C/c2ccc(F)c(Br)c2)cn1.